The number of ether oxygens (including phenoxy) is 1. The molecular weight excluding hydrogens is 376 g/mol. The smallest absolute Gasteiger partial charge is 0.289 e. The second-order valence-corrected chi connectivity index (χ2v) is 7.61. The molecule has 0 saturated carbocycles. The summed E-state index contributed by atoms with van der Waals surface area (Å²) < 4.78 is 11.5. The molecule has 2 aromatic carbocycles. The molecule has 1 aliphatic rings. The summed E-state index contributed by atoms with van der Waals surface area (Å²) in [6.45, 7) is 6.51. The van der Waals surface area contributed by atoms with Gasteiger partial charge in [-0.05, 0) is 41.8 Å². The third-order valence-corrected chi connectivity index (χ3v) is 5.49. The zero-order chi connectivity index (χ0) is 20.8. The molecule has 0 radical (unpaired) electrons. The molecule has 0 atom stereocenters. The van der Waals surface area contributed by atoms with Crippen molar-refractivity contribution < 1.29 is 13.9 Å². The zero-order valence-electron chi connectivity index (χ0n) is 17.4. The number of carbonyl (C=O) groups is 1. The van der Waals surface area contributed by atoms with Crippen LogP contribution < -0.4 is 4.74 Å². The SMILES string of the molecule is CCc1ccc(OCc2ccc(C(=O)N3CCN(Cc4ccccc4)CC3)o2)cc1. The van der Waals surface area contributed by atoms with Crippen molar-refractivity contribution in [2.45, 2.75) is 26.5 Å². The molecule has 5 nitrogen and oxygen atoms in total. The van der Waals surface area contributed by atoms with E-state index in [-0.39, 0.29) is 5.91 Å². The van der Waals surface area contributed by atoms with Crippen LogP contribution in [0.15, 0.2) is 71.1 Å². The van der Waals surface area contributed by atoms with Gasteiger partial charge in [-0.25, -0.2) is 0 Å². The Kier molecular flexibility index (Phi) is 6.50. The number of nitrogens with zero attached hydrogens (tertiary/aromatic N) is 2. The molecule has 1 aliphatic heterocycles. The lowest BCUT2D eigenvalue weighted by molar-refractivity contribution is 0.0594. The summed E-state index contributed by atoms with van der Waals surface area (Å²) in [4.78, 5) is 17.0. The molecule has 0 aliphatic carbocycles. The molecule has 1 aromatic heterocycles. The van der Waals surface area contributed by atoms with E-state index in [2.05, 4.69) is 48.2 Å². The van der Waals surface area contributed by atoms with E-state index < -0.39 is 0 Å². The van der Waals surface area contributed by atoms with Gasteiger partial charge in [-0.3, -0.25) is 9.69 Å². The Morgan fingerprint density at radius 1 is 0.900 bits per heavy atom. The molecule has 30 heavy (non-hydrogen) atoms. The largest absolute Gasteiger partial charge is 0.486 e. The fourth-order valence-electron chi connectivity index (χ4n) is 3.65. The standard InChI is InChI=1S/C25H28N2O3/c1-2-20-8-10-22(11-9-20)29-19-23-12-13-24(30-23)25(28)27-16-14-26(15-17-27)18-21-6-4-3-5-7-21/h3-13H,2,14-19H2,1H3. The van der Waals surface area contributed by atoms with Gasteiger partial charge >= 0.3 is 0 Å². The molecule has 1 fully saturated rings. The van der Waals surface area contributed by atoms with Crippen LogP contribution in [-0.2, 0) is 19.6 Å². The fourth-order valence-corrected chi connectivity index (χ4v) is 3.65. The van der Waals surface area contributed by atoms with Gasteiger partial charge in [0.2, 0.25) is 0 Å². The van der Waals surface area contributed by atoms with Crippen LogP contribution in [0.4, 0.5) is 0 Å². The van der Waals surface area contributed by atoms with Gasteiger partial charge in [0, 0.05) is 32.7 Å². The first kappa shape index (κ1) is 20.2. The minimum absolute atomic E-state index is 0.0482. The van der Waals surface area contributed by atoms with E-state index in [1.54, 1.807) is 6.07 Å². The Labute approximate surface area is 177 Å². The minimum atomic E-state index is -0.0482. The average molecular weight is 405 g/mol. The van der Waals surface area contributed by atoms with Crippen LogP contribution >= 0.6 is 0 Å². The number of hydrogen-bond acceptors (Lipinski definition) is 4. The van der Waals surface area contributed by atoms with Gasteiger partial charge < -0.3 is 14.1 Å². The van der Waals surface area contributed by atoms with Gasteiger partial charge in [-0.2, -0.15) is 0 Å². The molecule has 0 spiro atoms. The first-order chi connectivity index (χ1) is 14.7. The number of furan rings is 1. The Bertz CT molecular complexity index is 942. The van der Waals surface area contributed by atoms with Crippen molar-refractivity contribution in [3.8, 4) is 5.75 Å². The van der Waals surface area contributed by atoms with Crippen molar-refractivity contribution in [3.63, 3.8) is 0 Å². The van der Waals surface area contributed by atoms with E-state index in [0.717, 1.165) is 31.8 Å². The van der Waals surface area contributed by atoms with Crippen LogP contribution in [0.25, 0.3) is 0 Å². The highest BCUT2D eigenvalue weighted by molar-refractivity contribution is 5.91. The maximum Gasteiger partial charge on any atom is 0.289 e. The topological polar surface area (TPSA) is 45.9 Å². The Morgan fingerprint density at radius 3 is 2.33 bits per heavy atom. The van der Waals surface area contributed by atoms with E-state index in [0.29, 0.717) is 31.2 Å². The number of hydrogen-bond donors (Lipinski definition) is 0. The van der Waals surface area contributed by atoms with Crippen molar-refractivity contribution in [2.24, 2.45) is 0 Å². The molecule has 3 aromatic rings. The molecule has 1 amide bonds. The second-order valence-electron chi connectivity index (χ2n) is 7.61. The number of benzene rings is 2. The highest BCUT2D eigenvalue weighted by atomic mass is 16.5. The normalized spacial score (nSPS) is 14.6. The summed E-state index contributed by atoms with van der Waals surface area (Å²) in [5.41, 5.74) is 2.58. The monoisotopic (exact) mass is 404 g/mol. The summed E-state index contributed by atoms with van der Waals surface area (Å²) in [6, 6.07) is 22.0. The average Bonchev–Trinajstić information content (AvgIpc) is 3.28. The molecule has 5 heteroatoms. The molecule has 4 rings (SSSR count). The Morgan fingerprint density at radius 2 is 1.63 bits per heavy atom. The second kappa shape index (κ2) is 9.63. The summed E-state index contributed by atoms with van der Waals surface area (Å²) in [5, 5.41) is 0. The molecular formula is C25H28N2O3. The van der Waals surface area contributed by atoms with Gasteiger partial charge in [0.25, 0.3) is 5.91 Å². The fraction of sp³-hybridized carbons (Fsp3) is 0.320. The molecule has 2 heterocycles. The molecule has 0 N–H and O–H groups in total. The van der Waals surface area contributed by atoms with Crippen molar-refractivity contribution in [1.29, 1.82) is 0 Å². The lowest BCUT2D eigenvalue weighted by Gasteiger charge is -2.34. The van der Waals surface area contributed by atoms with E-state index in [4.69, 9.17) is 9.15 Å². The lowest BCUT2D eigenvalue weighted by atomic mass is 10.2. The minimum Gasteiger partial charge on any atom is -0.486 e. The molecule has 0 unspecified atom stereocenters. The van der Waals surface area contributed by atoms with E-state index in [1.165, 1.54) is 11.1 Å². The number of piperazine rings is 1. The van der Waals surface area contributed by atoms with E-state index in [1.807, 2.05) is 29.2 Å². The van der Waals surface area contributed by atoms with E-state index >= 15 is 0 Å². The summed E-state index contributed by atoms with van der Waals surface area (Å²) in [5.74, 6) is 1.78. The lowest BCUT2D eigenvalue weighted by Crippen LogP contribution is -2.48. The van der Waals surface area contributed by atoms with Gasteiger partial charge in [0.1, 0.15) is 18.1 Å². The third-order valence-electron chi connectivity index (χ3n) is 5.49. The van der Waals surface area contributed by atoms with Gasteiger partial charge in [0.05, 0.1) is 0 Å². The van der Waals surface area contributed by atoms with Crippen LogP contribution in [0.2, 0.25) is 0 Å². The van der Waals surface area contributed by atoms with E-state index in [9.17, 15) is 4.79 Å². The number of carbonyl (C=O) groups excluding carboxylic acids is 1. The molecule has 0 bridgehead atoms. The van der Waals surface area contributed by atoms with Crippen molar-refractivity contribution in [1.82, 2.24) is 9.80 Å². The van der Waals surface area contributed by atoms with Crippen molar-refractivity contribution in [2.75, 3.05) is 26.2 Å². The summed E-state index contributed by atoms with van der Waals surface area (Å²) >= 11 is 0. The van der Waals surface area contributed by atoms with Gasteiger partial charge in [0.15, 0.2) is 5.76 Å². The van der Waals surface area contributed by atoms with Crippen molar-refractivity contribution in [3.05, 3.63) is 89.4 Å². The Hall–Kier alpha value is -3.05. The van der Waals surface area contributed by atoms with Crippen molar-refractivity contribution >= 4 is 5.91 Å². The predicted molar refractivity (Wildman–Crippen MR) is 116 cm³/mol. The van der Waals surface area contributed by atoms with Gasteiger partial charge in [-0.1, -0.05) is 49.4 Å². The number of rotatable bonds is 7. The summed E-state index contributed by atoms with van der Waals surface area (Å²) in [6.07, 6.45) is 1.00. The highest BCUT2D eigenvalue weighted by Gasteiger charge is 2.24. The first-order valence-electron chi connectivity index (χ1n) is 10.6. The number of aryl methyl sites for hydroxylation is 1. The zero-order valence-corrected chi connectivity index (χ0v) is 17.4. The van der Waals surface area contributed by atoms with Crippen LogP contribution in [0.3, 0.4) is 0 Å². The predicted octanol–water partition coefficient (Wildman–Crippen LogP) is 4.38. The maximum atomic E-state index is 12.8. The maximum absolute atomic E-state index is 12.8. The first-order valence-corrected chi connectivity index (χ1v) is 10.6. The number of amides is 1. The Balaban J connectivity index is 1.26. The van der Waals surface area contributed by atoms with Gasteiger partial charge in [-0.15, -0.1) is 0 Å². The highest BCUT2D eigenvalue weighted by Crippen LogP contribution is 2.18. The van der Waals surface area contributed by atoms with Crippen LogP contribution in [-0.4, -0.2) is 41.9 Å². The molecule has 1 saturated heterocycles. The quantitative estimate of drug-likeness (QED) is 0.586. The van der Waals surface area contributed by atoms with Crippen LogP contribution in [0, 0.1) is 0 Å². The summed E-state index contributed by atoms with van der Waals surface area (Å²) in [7, 11) is 0. The third kappa shape index (κ3) is 5.10. The molecule has 156 valence electrons. The van der Waals surface area contributed by atoms with Crippen LogP contribution in [0.5, 0.6) is 5.75 Å². The van der Waals surface area contributed by atoms with Crippen LogP contribution in [0.1, 0.15) is 34.4 Å².